The Morgan fingerprint density at radius 1 is 1.35 bits per heavy atom. The number of benzene rings is 1. The number of hydrogen-bond acceptors (Lipinski definition) is 2. The van der Waals surface area contributed by atoms with Gasteiger partial charge in [0.15, 0.2) is 0 Å². The summed E-state index contributed by atoms with van der Waals surface area (Å²) in [6.07, 6.45) is 1.30. The van der Waals surface area contributed by atoms with Gasteiger partial charge in [-0.05, 0) is 31.0 Å². The SMILES string of the molecule is Cc1ccc(C)c(-n2cc(C(=O)O)c(=O)[nH]2)c1. The summed E-state index contributed by atoms with van der Waals surface area (Å²) >= 11 is 0. The first-order valence-corrected chi connectivity index (χ1v) is 5.11. The average Bonchev–Trinajstić information content (AvgIpc) is 2.64. The molecule has 0 unspecified atom stereocenters. The molecule has 2 rings (SSSR count). The van der Waals surface area contributed by atoms with Crippen molar-refractivity contribution in [3.63, 3.8) is 0 Å². The molecule has 0 aliphatic rings. The Hall–Kier alpha value is -2.30. The Bertz CT molecular complexity index is 637. The summed E-state index contributed by atoms with van der Waals surface area (Å²) in [6.45, 7) is 3.83. The zero-order chi connectivity index (χ0) is 12.6. The van der Waals surface area contributed by atoms with E-state index >= 15 is 0 Å². The molecule has 0 saturated heterocycles. The Morgan fingerprint density at radius 3 is 2.65 bits per heavy atom. The molecule has 0 atom stereocenters. The Morgan fingerprint density at radius 2 is 2.06 bits per heavy atom. The number of aromatic carboxylic acids is 1. The molecule has 5 nitrogen and oxygen atoms in total. The number of aromatic amines is 1. The standard InChI is InChI=1S/C12H12N2O3/c1-7-3-4-8(2)10(5-7)14-6-9(12(16)17)11(15)13-14/h3-6H,1-2H3,(H,13,15)(H,16,17). The Labute approximate surface area is 97.3 Å². The highest BCUT2D eigenvalue weighted by molar-refractivity contribution is 5.86. The van der Waals surface area contributed by atoms with Crippen LogP contribution in [0.25, 0.3) is 5.69 Å². The van der Waals surface area contributed by atoms with Crippen molar-refractivity contribution < 1.29 is 9.90 Å². The Kier molecular flexibility index (Phi) is 2.59. The van der Waals surface area contributed by atoms with Gasteiger partial charge in [-0.1, -0.05) is 12.1 Å². The number of aromatic nitrogens is 2. The summed E-state index contributed by atoms with van der Waals surface area (Å²) in [6, 6.07) is 5.76. The summed E-state index contributed by atoms with van der Waals surface area (Å²) in [7, 11) is 0. The van der Waals surface area contributed by atoms with Crippen molar-refractivity contribution in [3.05, 3.63) is 51.4 Å². The number of carboxylic acid groups (broad SMARTS) is 1. The van der Waals surface area contributed by atoms with Gasteiger partial charge in [0, 0.05) is 6.20 Å². The van der Waals surface area contributed by atoms with Crippen LogP contribution in [-0.2, 0) is 0 Å². The third kappa shape index (κ3) is 1.99. The molecule has 0 saturated carbocycles. The number of nitrogens with zero attached hydrogens (tertiary/aromatic N) is 1. The monoisotopic (exact) mass is 232 g/mol. The maximum Gasteiger partial charge on any atom is 0.342 e. The molecule has 0 bridgehead atoms. The highest BCUT2D eigenvalue weighted by Gasteiger charge is 2.13. The maximum absolute atomic E-state index is 11.4. The third-order valence-electron chi connectivity index (χ3n) is 2.58. The maximum atomic E-state index is 11.4. The second kappa shape index (κ2) is 3.93. The minimum atomic E-state index is -1.23. The molecule has 1 aromatic carbocycles. The fraction of sp³-hybridized carbons (Fsp3) is 0.167. The van der Waals surface area contributed by atoms with Crippen molar-refractivity contribution >= 4 is 5.97 Å². The van der Waals surface area contributed by atoms with E-state index in [-0.39, 0.29) is 5.56 Å². The normalized spacial score (nSPS) is 10.5. The second-order valence-corrected chi connectivity index (χ2v) is 3.95. The third-order valence-corrected chi connectivity index (χ3v) is 2.58. The van der Waals surface area contributed by atoms with Crippen LogP contribution in [0.15, 0.2) is 29.2 Å². The molecule has 0 aliphatic carbocycles. The van der Waals surface area contributed by atoms with Crippen LogP contribution in [0.2, 0.25) is 0 Å². The number of carboxylic acids is 1. The van der Waals surface area contributed by atoms with Crippen LogP contribution in [-0.4, -0.2) is 20.9 Å². The van der Waals surface area contributed by atoms with Crippen molar-refractivity contribution in [1.82, 2.24) is 9.78 Å². The summed E-state index contributed by atoms with van der Waals surface area (Å²) in [4.78, 5) is 22.2. The predicted molar refractivity (Wildman–Crippen MR) is 62.8 cm³/mol. The van der Waals surface area contributed by atoms with Crippen LogP contribution in [0, 0.1) is 13.8 Å². The number of H-pyrrole nitrogens is 1. The summed E-state index contributed by atoms with van der Waals surface area (Å²) in [5.74, 6) is -1.23. The van der Waals surface area contributed by atoms with Gasteiger partial charge in [0.2, 0.25) is 0 Å². The van der Waals surface area contributed by atoms with Crippen LogP contribution in [0.5, 0.6) is 0 Å². The van der Waals surface area contributed by atoms with Crippen molar-refractivity contribution in [2.45, 2.75) is 13.8 Å². The lowest BCUT2D eigenvalue weighted by molar-refractivity contribution is 0.0695. The molecule has 1 aromatic heterocycles. The molecule has 2 N–H and O–H groups in total. The molecule has 17 heavy (non-hydrogen) atoms. The molecule has 88 valence electrons. The van der Waals surface area contributed by atoms with E-state index in [1.807, 2.05) is 32.0 Å². The summed E-state index contributed by atoms with van der Waals surface area (Å²) in [5, 5.41) is 11.3. The molecule has 0 amide bonds. The number of carbonyl (C=O) groups is 1. The van der Waals surface area contributed by atoms with Crippen molar-refractivity contribution in [2.75, 3.05) is 0 Å². The molecule has 2 aromatic rings. The smallest absolute Gasteiger partial charge is 0.342 e. The molecule has 0 radical (unpaired) electrons. The lowest BCUT2D eigenvalue weighted by Crippen LogP contribution is -2.11. The lowest BCUT2D eigenvalue weighted by Gasteiger charge is -2.07. The molecule has 5 heteroatoms. The molecule has 0 aliphatic heterocycles. The van der Waals surface area contributed by atoms with Crippen molar-refractivity contribution in [1.29, 1.82) is 0 Å². The second-order valence-electron chi connectivity index (χ2n) is 3.95. The summed E-state index contributed by atoms with van der Waals surface area (Å²) < 4.78 is 1.44. The lowest BCUT2D eigenvalue weighted by atomic mass is 10.1. The van der Waals surface area contributed by atoms with E-state index in [9.17, 15) is 9.59 Å². The van der Waals surface area contributed by atoms with Gasteiger partial charge in [-0.2, -0.15) is 0 Å². The van der Waals surface area contributed by atoms with Crippen molar-refractivity contribution in [3.8, 4) is 5.69 Å². The van der Waals surface area contributed by atoms with Crippen LogP contribution in [0.4, 0.5) is 0 Å². The fourth-order valence-corrected chi connectivity index (χ4v) is 1.65. The largest absolute Gasteiger partial charge is 0.477 e. The highest BCUT2D eigenvalue weighted by atomic mass is 16.4. The molecular formula is C12H12N2O3. The van der Waals surface area contributed by atoms with Gasteiger partial charge in [-0.3, -0.25) is 14.6 Å². The number of hydrogen-bond donors (Lipinski definition) is 2. The van der Waals surface area contributed by atoms with Gasteiger partial charge >= 0.3 is 5.97 Å². The number of aryl methyl sites for hydroxylation is 2. The molecular weight excluding hydrogens is 220 g/mol. The predicted octanol–water partition coefficient (Wildman–Crippen LogP) is 1.48. The van der Waals surface area contributed by atoms with E-state index < -0.39 is 11.5 Å². The topological polar surface area (TPSA) is 75.1 Å². The van der Waals surface area contributed by atoms with Crippen molar-refractivity contribution in [2.24, 2.45) is 0 Å². The van der Waals surface area contributed by atoms with E-state index in [0.717, 1.165) is 16.8 Å². The first-order chi connectivity index (χ1) is 7.99. The van der Waals surface area contributed by atoms with Gasteiger partial charge in [-0.25, -0.2) is 4.79 Å². The minimum absolute atomic E-state index is 0.258. The average molecular weight is 232 g/mol. The first-order valence-electron chi connectivity index (χ1n) is 5.11. The zero-order valence-electron chi connectivity index (χ0n) is 9.52. The van der Waals surface area contributed by atoms with E-state index in [0.29, 0.717) is 0 Å². The highest BCUT2D eigenvalue weighted by Crippen LogP contribution is 2.14. The van der Waals surface area contributed by atoms with Crippen LogP contribution >= 0.6 is 0 Å². The van der Waals surface area contributed by atoms with Gasteiger partial charge in [0.1, 0.15) is 5.56 Å². The molecule has 1 heterocycles. The quantitative estimate of drug-likeness (QED) is 0.823. The molecule has 0 fully saturated rings. The van der Waals surface area contributed by atoms with E-state index in [2.05, 4.69) is 5.10 Å². The van der Waals surface area contributed by atoms with Crippen LogP contribution in [0.1, 0.15) is 21.5 Å². The van der Waals surface area contributed by atoms with Crippen LogP contribution in [0.3, 0.4) is 0 Å². The number of nitrogens with one attached hydrogen (secondary N) is 1. The van der Waals surface area contributed by atoms with E-state index in [4.69, 9.17) is 5.11 Å². The fourth-order valence-electron chi connectivity index (χ4n) is 1.65. The first kappa shape index (κ1) is 11.2. The van der Waals surface area contributed by atoms with Gasteiger partial charge in [-0.15, -0.1) is 0 Å². The van der Waals surface area contributed by atoms with Gasteiger partial charge in [0.25, 0.3) is 5.56 Å². The van der Waals surface area contributed by atoms with Gasteiger partial charge in [0.05, 0.1) is 5.69 Å². The van der Waals surface area contributed by atoms with Gasteiger partial charge < -0.3 is 5.11 Å². The zero-order valence-corrected chi connectivity index (χ0v) is 9.52. The number of rotatable bonds is 2. The Balaban J connectivity index is 2.61. The minimum Gasteiger partial charge on any atom is -0.477 e. The van der Waals surface area contributed by atoms with Crippen LogP contribution < -0.4 is 5.56 Å². The molecule has 0 spiro atoms. The van der Waals surface area contributed by atoms with E-state index in [1.54, 1.807) is 0 Å². The van der Waals surface area contributed by atoms with E-state index in [1.165, 1.54) is 10.9 Å². The summed E-state index contributed by atoms with van der Waals surface area (Å²) in [5.41, 5.74) is 1.91.